The second-order valence-corrected chi connectivity index (χ2v) is 6.76. The van der Waals surface area contributed by atoms with E-state index in [1.807, 2.05) is 20.8 Å². The van der Waals surface area contributed by atoms with Crippen LogP contribution in [0.2, 0.25) is 0 Å². The zero-order chi connectivity index (χ0) is 15.5. The Hall–Kier alpha value is -1.56. The van der Waals surface area contributed by atoms with Gasteiger partial charge in [0, 0.05) is 18.1 Å². The fourth-order valence-corrected chi connectivity index (χ4v) is 2.16. The lowest BCUT2D eigenvalue weighted by Crippen LogP contribution is -2.37. The highest BCUT2D eigenvalue weighted by Crippen LogP contribution is 2.22. The van der Waals surface area contributed by atoms with E-state index in [1.54, 1.807) is 19.2 Å². The van der Waals surface area contributed by atoms with E-state index in [4.69, 9.17) is 5.11 Å². The number of carbonyl (C=O) groups is 2. The summed E-state index contributed by atoms with van der Waals surface area (Å²) in [5.41, 5.74) is 0.308. The molecule has 0 saturated heterocycles. The lowest BCUT2D eigenvalue weighted by Gasteiger charge is -2.27. The van der Waals surface area contributed by atoms with E-state index in [2.05, 4.69) is 21.2 Å². The van der Waals surface area contributed by atoms with Crippen LogP contribution in [0.5, 0.6) is 0 Å². The van der Waals surface area contributed by atoms with E-state index in [0.29, 0.717) is 11.0 Å². The van der Waals surface area contributed by atoms with Crippen LogP contribution in [0.4, 0.5) is 10.5 Å². The lowest BCUT2D eigenvalue weighted by atomic mass is 9.96. The van der Waals surface area contributed by atoms with Crippen LogP contribution in [-0.4, -0.2) is 35.6 Å². The summed E-state index contributed by atoms with van der Waals surface area (Å²) in [4.78, 5) is 24.8. The van der Waals surface area contributed by atoms with Crippen molar-refractivity contribution in [3.8, 4) is 0 Å². The summed E-state index contributed by atoms with van der Waals surface area (Å²) >= 11 is 3.26. The fraction of sp³-hybridized carbons (Fsp3) is 0.429. The Kier molecular flexibility index (Phi) is 5.16. The van der Waals surface area contributed by atoms with Crippen LogP contribution < -0.4 is 5.32 Å². The van der Waals surface area contributed by atoms with E-state index in [0.717, 1.165) is 0 Å². The smallest absolute Gasteiger partial charge is 0.337 e. The minimum absolute atomic E-state index is 0.0288. The number of rotatable bonds is 3. The van der Waals surface area contributed by atoms with Gasteiger partial charge in [-0.15, -0.1) is 0 Å². The van der Waals surface area contributed by atoms with Crippen molar-refractivity contribution in [2.45, 2.75) is 20.8 Å². The number of carbonyl (C=O) groups excluding carboxylic acids is 1. The van der Waals surface area contributed by atoms with Crippen LogP contribution >= 0.6 is 15.9 Å². The molecule has 20 heavy (non-hydrogen) atoms. The molecule has 0 aliphatic rings. The number of anilines is 1. The summed E-state index contributed by atoms with van der Waals surface area (Å²) in [7, 11) is 1.68. The van der Waals surface area contributed by atoms with Gasteiger partial charge in [-0.3, -0.25) is 0 Å². The van der Waals surface area contributed by atoms with Gasteiger partial charge >= 0.3 is 12.0 Å². The van der Waals surface area contributed by atoms with Crippen LogP contribution in [0.1, 0.15) is 31.1 Å². The number of nitrogens with zero attached hydrogens (tertiary/aromatic N) is 1. The molecule has 0 radical (unpaired) electrons. The molecule has 0 fully saturated rings. The topological polar surface area (TPSA) is 69.6 Å². The number of aromatic carboxylic acids is 1. The van der Waals surface area contributed by atoms with Crippen molar-refractivity contribution in [2.75, 3.05) is 18.9 Å². The third kappa shape index (κ3) is 4.85. The molecular weight excluding hydrogens is 324 g/mol. The molecule has 0 aliphatic carbocycles. The minimum atomic E-state index is -1.08. The Labute approximate surface area is 127 Å². The average Bonchev–Trinajstić information content (AvgIpc) is 2.26. The molecule has 1 aromatic rings. The molecule has 1 aromatic carbocycles. The molecular formula is C14H19BrN2O3. The second kappa shape index (κ2) is 6.26. The van der Waals surface area contributed by atoms with Crippen molar-refractivity contribution in [1.29, 1.82) is 0 Å². The van der Waals surface area contributed by atoms with Crippen molar-refractivity contribution >= 4 is 33.6 Å². The maximum atomic E-state index is 12.1. The molecule has 5 nitrogen and oxygen atoms in total. The maximum Gasteiger partial charge on any atom is 0.337 e. The Balaban J connectivity index is 2.90. The highest BCUT2D eigenvalue weighted by atomic mass is 79.9. The number of hydrogen-bond acceptors (Lipinski definition) is 2. The van der Waals surface area contributed by atoms with Crippen LogP contribution in [0.15, 0.2) is 22.7 Å². The molecule has 0 heterocycles. The number of urea groups is 1. The van der Waals surface area contributed by atoms with E-state index in [-0.39, 0.29) is 22.7 Å². The second-order valence-electron chi connectivity index (χ2n) is 5.84. The molecule has 1 rings (SSSR count). The summed E-state index contributed by atoms with van der Waals surface area (Å²) < 4.78 is 0.705. The maximum absolute atomic E-state index is 12.1. The quantitative estimate of drug-likeness (QED) is 0.880. The van der Waals surface area contributed by atoms with E-state index >= 15 is 0 Å². The van der Waals surface area contributed by atoms with Gasteiger partial charge in [0.05, 0.1) is 11.3 Å². The molecule has 110 valence electrons. The van der Waals surface area contributed by atoms with Gasteiger partial charge in [-0.25, -0.2) is 9.59 Å². The number of amides is 2. The molecule has 0 atom stereocenters. The molecule has 0 aliphatic heterocycles. The van der Waals surface area contributed by atoms with Crippen molar-refractivity contribution in [3.63, 3.8) is 0 Å². The molecule has 0 spiro atoms. The average molecular weight is 343 g/mol. The number of carboxylic acids is 1. The summed E-state index contributed by atoms with van der Waals surface area (Å²) in [5, 5.41) is 11.7. The fourth-order valence-electron chi connectivity index (χ4n) is 1.80. The molecule has 0 aromatic heterocycles. The number of hydrogen-bond donors (Lipinski definition) is 2. The van der Waals surface area contributed by atoms with Crippen molar-refractivity contribution in [3.05, 3.63) is 28.2 Å². The molecule has 2 N–H and O–H groups in total. The Morgan fingerprint density at radius 2 is 1.95 bits per heavy atom. The first-order valence-electron chi connectivity index (χ1n) is 6.15. The van der Waals surface area contributed by atoms with Gasteiger partial charge in [-0.05, 0) is 23.6 Å². The Morgan fingerprint density at radius 1 is 1.35 bits per heavy atom. The molecule has 0 bridgehead atoms. The van der Waals surface area contributed by atoms with Crippen molar-refractivity contribution in [2.24, 2.45) is 5.41 Å². The zero-order valence-electron chi connectivity index (χ0n) is 12.0. The third-order valence-corrected chi connectivity index (χ3v) is 3.01. The van der Waals surface area contributed by atoms with Crippen LogP contribution in [0.3, 0.4) is 0 Å². The van der Waals surface area contributed by atoms with Gasteiger partial charge in [0.25, 0.3) is 0 Å². The summed E-state index contributed by atoms with van der Waals surface area (Å²) in [6, 6.07) is 4.32. The van der Waals surface area contributed by atoms with Crippen LogP contribution in [0.25, 0.3) is 0 Å². The van der Waals surface area contributed by atoms with E-state index < -0.39 is 5.97 Å². The van der Waals surface area contributed by atoms with Gasteiger partial charge < -0.3 is 15.3 Å². The number of halogens is 1. The molecule has 0 saturated carbocycles. The largest absolute Gasteiger partial charge is 0.478 e. The Bertz CT molecular complexity index is 524. The summed E-state index contributed by atoms with van der Waals surface area (Å²) in [6.45, 7) is 6.64. The van der Waals surface area contributed by atoms with E-state index in [1.165, 1.54) is 11.0 Å². The highest BCUT2D eigenvalue weighted by Gasteiger charge is 2.19. The summed E-state index contributed by atoms with van der Waals surface area (Å²) in [6.07, 6.45) is 0. The van der Waals surface area contributed by atoms with Crippen molar-refractivity contribution in [1.82, 2.24) is 4.90 Å². The SMILES string of the molecule is CN(CC(C)(C)C)C(=O)Nc1cc(Br)ccc1C(=O)O. The summed E-state index contributed by atoms with van der Waals surface area (Å²) in [5.74, 6) is -1.08. The molecule has 0 unspecified atom stereocenters. The Morgan fingerprint density at radius 3 is 2.45 bits per heavy atom. The number of carboxylic acid groups (broad SMARTS) is 1. The van der Waals surface area contributed by atoms with E-state index in [9.17, 15) is 9.59 Å². The van der Waals surface area contributed by atoms with Crippen molar-refractivity contribution < 1.29 is 14.7 Å². The minimum Gasteiger partial charge on any atom is -0.478 e. The predicted octanol–water partition coefficient (Wildman–Crippen LogP) is 3.66. The van der Waals surface area contributed by atoms with Gasteiger partial charge in [0.15, 0.2) is 0 Å². The van der Waals surface area contributed by atoms with Gasteiger partial charge in [-0.1, -0.05) is 36.7 Å². The third-order valence-electron chi connectivity index (χ3n) is 2.51. The molecule has 6 heteroatoms. The lowest BCUT2D eigenvalue weighted by molar-refractivity contribution is 0.0698. The van der Waals surface area contributed by atoms with Gasteiger partial charge in [0.1, 0.15) is 0 Å². The number of nitrogens with one attached hydrogen (secondary N) is 1. The first-order valence-corrected chi connectivity index (χ1v) is 6.94. The number of benzene rings is 1. The van der Waals surface area contributed by atoms with Gasteiger partial charge in [-0.2, -0.15) is 0 Å². The normalized spacial score (nSPS) is 11.1. The zero-order valence-corrected chi connectivity index (χ0v) is 13.6. The van der Waals surface area contributed by atoms with Crippen LogP contribution in [-0.2, 0) is 0 Å². The predicted molar refractivity (Wildman–Crippen MR) is 82.2 cm³/mol. The molecule has 2 amide bonds. The first kappa shape index (κ1) is 16.5. The van der Waals surface area contributed by atoms with Crippen LogP contribution in [0, 0.1) is 5.41 Å². The standard InChI is InChI=1S/C14H19BrN2O3/c1-14(2,3)8-17(4)13(20)16-11-7-9(15)5-6-10(11)12(18)19/h5-7H,8H2,1-4H3,(H,16,20)(H,18,19). The van der Waals surface area contributed by atoms with Gasteiger partial charge in [0.2, 0.25) is 0 Å². The highest BCUT2D eigenvalue weighted by molar-refractivity contribution is 9.10. The first-order chi connectivity index (χ1) is 9.10. The monoisotopic (exact) mass is 342 g/mol.